The standard InChI is InChI=1S/C19H40O4/c1-5-17-20-18-15-13-11-9-10-12-14-16-19(21-6-2,22-7-3)23-8-4/h5-18H2,1-4H3. The first-order chi connectivity index (χ1) is 11.2. The maximum atomic E-state index is 5.74. The topological polar surface area (TPSA) is 36.9 Å². The maximum absolute atomic E-state index is 5.74. The van der Waals surface area contributed by atoms with Gasteiger partial charge in [-0.05, 0) is 40.0 Å². The Labute approximate surface area is 144 Å². The van der Waals surface area contributed by atoms with E-state index in [1.807, 2.05) is 20.8 Å². The van der Waals surface area contributed by atoms with Crippen molar-refractivity contribution in [2.24, 2.45) is 0 Å². The quantitative estimate of drug-likeness (QED) is 0.252. The van der Waals surface area contributed by atoms with Gasteiger partial charge in [-0.1, -0.05) is 39.0 Å². The Hall–Kier alpha value is -0.160. The van der Waals surface area contributed by atoms with E-state index in [-0.39, 0.29) is 0 Å². The lowest BCUT2D eigenvalue weighted by molar-refractivity contribution is -0.380. The molecule has 0 bridgehead atoms. The zero-order valence-electron chi connectivity index (χ0n) is 16.0. The summed E-state index contributed by atoms with van der Waals surface area (Å²) in [7, 11) is 0. The minimum atomic E-state index is -0.825. The summed E-state index contributed by atoms with van der Waals surface area (Å²) in [5.74, 6) is -0.825. The smallest absolute Gasteiger partial charge is 0.282 e. The number of unbranched alkanes of at least 4 members (excludes halogenated alkanes) is 6. The molecule has 0 aromatic rings. The van der Waals surface area contributed by atoms with Crippen molar-refractivity contribution in [3.05, 3.63) is 0 Å². The highest BCUT2D eigenvalue weighted by Crippen LogP contribution is 2.24. The van der Waals surface area contributed by atoms with Gasteiger partial charge in [-0.3, -0.25) is 0 Å². The van der Waals surface area contributed by atoms with Crippen LogP contribution in [0.3, 0.4) is 0 Å². The molecule has 0 fully saturated rings. The molecule has 0 unspecified atom stereocenters. The van der Waals surface area contributed by atoms with Gasteiger partial charge in [0.15, 0.2) is 0 Å². The number of ether oxygens (including phenoxy) is 4. The average Bonchev–Trinajstić information content (AvgIpc) is 2.53. The third kappa shape index (κ3) is 12.9. The van der Waals surface area contributed by atoms with Gasteiger partial charge in [0, 0.05) is 39.5 Å². The zero-order chi connectivity index (χ0) is 17.2. The van der Waals surface area contributed by atoms with Crippen LogP contribution in [0.1, 0.15) is 85.5 Å². The van der Waals surface area contributed by atoms with Crippen LogP contribution in [-0.4, -0.2) is 39.0 Å². The van der Waals surface area contributed by atoms with Crippen molar-refractivity contribution in [1.82, 2.24) is 0 Å². The van der Waals surface area contributed by atoms with Crippen LogP contribution in [0.5, 0.6) is 0 Å². The fourth-order valence-electron chi connectivity index (χ4n) is 2.68. The van der Waals surface area contributed by atoms with E-state index in [4.69, 9.17) is 18.9 Å². The van der Waals surface area contributed by atoms with Crippen molar-refractivity contribution in [2.45, 2.75) is 91.5 Å². The van der Waals surface area contributed by atoms with Gasteiger partial charge in [0.25, 0.3) is 5.97 Å². The SMILES string of the molecule is CCCOCCCCCCCCCC(OCC)(OCC)OCC. The molecule has 0 atom stereocenters. The highest BCUT2D eigenvalue weighted by molar-refractivity contribution is 4.59. The van der Waals surface area contributed by atoms with E-state index >= 15 is 0 Å². The Bertz CT molecular complexity index is 216. The summed E-state index contributed by atoms with van der Waals surface area (Å²) in [4.78, 5) is 0. The lowest BCUT2D eigenvalue weighted by atomic mass is 10.1. The second-order valence-corrected chi connectivity index (χ2v) is 5.82. The molecule has 0 saturated carbocycles. The van der Waals surface area contributed by atoms with E-state index < -0.39 is 5.97 Å². The third-order valence-electron chi connectivity index (χ3n) is 3.71. The van der Waals surface area contributed by atoms with E-state index in [0.717, 1.165) is 32.5 Å². The highest BCUT2D eigenvalue weighted by atomic mass is 16.9. The molecule has 4 nitrogen and oxygen atoms in total. The Morgan fingerprint density at radius 2 is 1.04 bits per heavy atom. The van der Waals surface area contributed by atoms with Crippen molar-refractivity contribution in [1.29, 1.82) is 0 Å². The summed E-state index contributed by atoms with van der Waals surface area (Å²) in [6.45, 7) is 11.8. The van der Waals surface area contributed by atoms with Crippen LogP contribution in [0.25, 0.3) is 0 Å². The molecular formula is C19H40O4. The molecule has 0 radical (unpaired) electrons. The van der Waals surface area contributed by atoms with Crippen LogP contribution in [-0.2, 0) is 18.9 Å². The van der Waals surface area contributed by atoms with Gasteiger partial charge < -0.3 is 18.9 Å². The second kappa shape index (κ2) is 16.7. The number of hydrogen-bond acceptors (Lipinski definition) is 4. The Kier molecular flexibility index (Phi) is 16.6. The summed E-state index contributed by atoms with van der Waals surface area (Å²) < 4.78 is 22.7. The lowest BCUT2D eigenvalue weighted by Crippen LogP contribution is -2.39. The van der Waals surface area contributed by atoms with Crippen LogP contribution >= 0.6 is 0 Å². The van der Waals surface area contributed by atoms with Crippen LogP contribution in [0, 0.1) is 0 Å². The van der Waals surface area contributed by atoms with Crippen LogP contribution < -0.4 is 0 Å². The van der Waals surface area contributed by atoms with Gasteiger partial charge in [0.05, 0.1) is 0 Å². The molecule has 0 saturated heterocycles. The minimum absolute atomic E-state index is 0.611. The first kappa shape index (κ1) is 22.8. The minimum Gasteiger partial charge on any atom is -0.381 e. The molecule has 0 spiro atoms. The Morgan fingerprint density at radius 1 is 0.565 bits per heavy atom. The molecule has 0 heterocycles. The summed E-state index contributed by atoms with van der Waals surface area (Å²) in [6.07, 6.45) is 10.6. The second-order valence-electron chi connectivity index (χ2n) is 5.82. The summed E-state index contributed by atoms with van der Waals surface area (Å²) in [5.41, 5.74) is 0. The molecule has 0 aliphatic rings. The summed E-state index contributed by atoms with van der Waals surface area (Å²) >= 11 is 0. The average molecular weight is 333 g/mol. The van der Waals surface area contributed by atoms with Crippen molar-refractivity contribution in [3.63, 3.8) is 0 Å². The molecule has 0 aromatic carbocycles. The van der Waals surface area contributed by atoms with Crippen molar-refractivity contribution >= 4 is 0 Å². The summed E-state index contributed by atoms with van der Waals surface area (Å²) in [5, 5.41) is 0. The van der Waals surface area contributed by atoms with Gasteiger partial charge in [-0.2, -0.15) is 0 Å². The fourth-order valence-corrected chi connectivity index (χ4v) is 2.68. The molecule has 0 aromatic heterocycles. The Balaban J connectivity index is 3.65. The predicted molar refractivity (Wildman–Crippen MR) is 95.7 cm³/mol. The van der Waals surface area contributed by atoms with Crippen LogP contribution in [0.4, 0.5) is 0 Å². The van der Waals surface area contributed by atoms with Gasteiger partial charge >= 0.3 is 0 Å². The maximum Gasteiger partial charge on any atom is 0.282 e. The monoisotopic (exact) mass is 332 g/mol. The summed E-state index contributed by atoms with van der Waals surface area (Å²) in [6, 6.07) is 0. The Morgan fingerprint density at radius 3 is 1.52 bits per heavy atom. The van der Waals surface area contributed by atoms with Gasteiger partial charge in [-0.25, -0.2) is 0 Å². The van der Waals surface area contributed by atoms with Crippen LogP contribution in [0.2, 0.25) is 0 Å². The first-order valence-electron chi connectivity index (χ1n) is 9.74. The predicted octanol–water partition coefficient (Wildman–Crippen LogP) is 5.30. The molecule has 0 N–H and O–H groups in total. The van der Waals surface area contributed by atoms with Crippen molar-refractivity contribution in [3.8, 4) is 0 Å². The van der Waals surface area contributed by atoms with Crippen LogP contribution in [0.15, 0.2) is 0 Å². The molecule has 0 amide bonds. The normalized spacial score (nSPS) is 12.0. The van der Waals surface area contributed by atoms with E-state index in [0.29, 0.717) is 19.8 Å². The van der Waals surface area contributed by atoms with E-state index in [9.17, 15) is 0 Å². The highest BCUT2D eigenvalue weighted by Gasteiger charge is 2.31. The van der Waals surface area contributed by atoms with Crippen molar-refractivity contribution in [2.75, 3.05) is 33.0 Å². The molecule has 140 valence electrons. The van der Waals surface area contributed by atoms with E-state index in [1.165, 1.54) is 38.5 Å². The van der Waals surface area contributed by atoms with Crippen molar-refractivity contribution < 1.29 is 18.9 Å². The molecule has 4 heteroatoms. The first-order valence-corrected chi connectivity index (χ1v) is 9.74. The molecule has 23 heavy (non-hydrogen) atoms. The van der Waals surface area contributed by atoms with Gasteiger partial charge in [-0.15, -0.1) is 0 Å². The van der Waals surface area contributed by atoms with E-state index in [1.54, 1.807) is 0 Å². The number of rotatable bonds is 18. The van der Waals surface area contributed by atoms with E-state index in [2.05, 4.69) is 6.92 Å². The molecule has 0 aliphatic heterocycles. The number of hydrogen-bond donors (Lipinski definition) is 0. The third-order valence-corrected chi connectivity index (χ3v) is 3.71. The fraction of sp³-hybridized carbons (Fsp3) is 1.00. The zero-order valence-corrected chi connectivity index (χ0v) is 16.0. The molecule has 0 rings (SSSR count). The molecule has 0 aliphatic carbocycles. The lowest BCUT2D eigenvalue weighted by Gasteiger charge is -2.32. The van der Waals surface area contributed by atoms with Gasteiger partial charge in [0.1, 0.15) is 0 Å². The van der Waals surface area contributed by atoms with Gasteiger partial charge in [0.2, 0.25) is 0 Å². The molecular weight excluding hydrogens is 292 g/mol. The largest absolute Gasteiger partial charge is 0.381 e.